The van der Waals surface area contributed by atoms with Gasteiger partial charge >= 0.3 is 0 Å². The van der Waals surface area contributed by atoms with Gasteiger partial charge in [-0.3, -0.25) is 9.69 Å². The molecule has 0 saturated carbocycles. The molecule has 1 aromatic rings. The van der Waals surface area contributed by atoms with Crippen molar-refractivity contribution in [3.8, 4) is 0 Å². The molecule has 6 nitrogen and oxygen atoms in total. The van der Waals surface area contributed by atoms with Gasteiger partial charge in [-0.15, -0.1) is 0 Å². The summed E-state index contributed by atoms with van der Waals surface area (Å²) in [5, 5.41) is 6.23. The maximum absolute atomic E-state index is 11.9. The summed E-state index contributed by atoms with van der Waals surface area (Å²) in [7, 11) is 0. The molecule has 2 heterocycles. The van der Waals surface area contributed by atoms with Gasteiger partial charge in [-0.25, -0.2) is 9.97 Å². The maximum Gasteiger partial charge on any atom is 0.239 e. The number of carbonyl (C=O) groups is 1. The molecule has 1 fully saturated rings. The minimum absolute atomic E-state index is 0.130. The van der Waals surface area contributed by atoms with Gasteiger partial charge in [0.1, 0.15) is 11.3 Å². The fraction of sp³-hybridized carbons (Fsp3) is 0.545. The molecule has 1 aliphatic rings. The maximum atomic E-state index is 11.9. The first-order chi connectivity index (χ1) is 9.16. The van der Waals surface area contributed by atoms with Gasteiger partial charge in [0.05, 0.1) is 6.54 Å². The molecule has 104 valence electrons. The molecule has 1 aliphatic heterocycles. The number of nitrogens with zero attached hydrogens (tertiary/aromatic N) is 3. The SMILES string of the molecule is O=C(CN1CCCNCC1)Nc1ncnc(Cl)c1Cl. The van der Waals surface area contributed by atoms with Crippen LogP contribution in [0.1, 0.15) is 6.42 Å². The Hall–Kier alpha value is -0.950. The summed E-state index contributed by atoms with van der Waals surface area (Å²) in [4.78, 5) is 21.6. The van der Waals surface area contributed by atoms with Crippen LogP contribution in [0.5, 0.6) is 0 Å². The highest BCUT2D eigenvalue weighted by atomic mass is 35.5. The Morgan fingerprint density at radius 2 is 2.21 bits per heavy atom. The molecular formula is C11H15Cl2N5O. The van der Waals surface area contributed by atoms with E-state index in [9.17, 15) is 4.79 Å². The number of nitrogens with one attached hydrogen (secondary N) is 2. The molecule has 0 radical (unpaired) electrons. The lowest BCUT2D eigenvalue weighted by molar-refractivity contribution is -0.117. The average molecular weight is 304 g/mol. The van der Waals surface area contributed by atoms with Crippen molar-refractivity contribution in [3.63, 3.8) is 0 Å². The number of carbonyl (C=O) groups excluding carboxylic acids is 1. The molecule has 2 rings (SSSR count). The van der Waals surface area contributed by atoms with Crippen molar-refractivity contribution in [2.75, 3.05) is 38.0 Å². The number of rotatable bonds is 3. The highest BCUT2D eigenvalue weighted by Crippen LogP contribution is 2.25. The van der Waals surface area contributed by atoms with E-state index < -0.39 is 0 Å². The van der Waals surface area contributed by atoms with Crippen LogP contribution in [0, 0.1) is 0 Å². The smallest absolute Gasteiger partial charge is 0.239 e. The van der Waals surface area contributed by atoms with Gasteiger partial charge in [0, 0.05) is 13.1 Å². The Morgan fingerprint density at radius 1 is 1.37 bits per heavy atom. The minimum atomic E-state index is -0.154. The number of hydrogen-bond acceptors (Lipinski definition) is 5. The lowest BCUT2D eigenvalue weighted by Gasteiger charge is -2.18. The average Bonchev–Trinajstić information content (AvgIpc) is 2.63. The van der Waals surface area contributed by atoms with Gasteiger partial charge in [0.2, 0.25) is 5.91 Å². The Morgan fingerprint density at radius 3 is 3.05 bits per heavy atom. The number of aromatic nitrogens is 2. The van der Waals surface area contributed by atoms with E-state index >= 15 is 0 Å². The lowest BCUT2D eigenvalue weighted by atomic mass is 10.4. The van der Waals surface area contributed by atoms with Gasteiger partial charge < -0.3 is 10.6 Å². The largest absolute Gasteiger partial charge is 0.315 e. The monoisotopic (exact) mass is 303 g/mol. The molecule has 1 aromatic heterocycles. The predicted octanol–water partition coefficient (Wildman–Crippen LogP) is 1.02. The van der Waals surface area contributed by atoms with Gasteiger partial charge in [0.25, 0.3) is 0 Å². The fourth-order valence-electron chi connectivity index (χ4n) is 1.87. The van der Waals surface area contributed by atoms with Crippen LogP contribution >= 0.6 is 23.2 Å². The van der Waals surface area contributed by atoms with E-state index in [2.05, 4.69) is 25.5 Å². The highest BCUT2D eigenvalue weighted by molar-refractivity contribution is 6.42. The van der Waals surface area contributed by atoms with Gasteiger partial charge in [0.15, 0.2) is 11.0 Å². The topological polar surface area (TPSA) is 70.2 Å². The number of hydrogen-bond donors (Lipinski definition) is 2. The van der Waals surface area contributed by atoms with Crippen molar-refractivity contribution in [2.45, 2.75) is 6.42 Å². The zero-order valence-electron chi connectivity index (χ0n) is 10.3. The third kappa shape index (κ3) is 4.28. The van der Waals surface area contributed by atoms with Crippen molar-refractivity contribution >= 4 is 34.9 Å². The molecule has 1 saturated heterocycles. The molecule has 0 unspecified atom stereocenters. The molecule has 0 aliphatic carbocycles. The zero-order valence-corrected chi connectivity index (χ0v) is 11.8. The van der Waals surface area contributed by atoms with Crippen LogP contribution < -0.4 is 10.6 Å². The van der Waals surface area contributed by atoms with E-state index in [1.165, 1.54) is 6.33 Å². The van der Waals surface area contributed by atoms with Crippen molar-refractivity contribution in [2.24, 2.45) is 0 Å². The van der Waals surface area contributed by atoms with Crippen LogP contribution in [-0.4, -0.2) is 53.5 Å². The second-order valence-electron chi connectivity index (χ2n) is 4.25. The molecule has 0 atom stereocenters. The summed E-state index contributed by atoms with van der Waals surface area (Å²) >= 11 is 11.7. The Bertz CT molecular complexity index is 449. The summed E-state index contributed by atoms with van der Waals surface area (Å²) in [6.45, 7) is 3.96. The molecular weight excluding hydrogens is 289 g/mol. The van der Waals surface area contributed by atoms with Crippen LogP contribution in [0.3, 0.4) is 0 Å². The number of amides is 1. The highest BCUT2D eigenvalue weighted by Gasteiger charge is 2.15. The second kappa shape index (κ2) is 7.00. The Kier molecular flexibility index (Phi) is 5.33. The summed E-state index contributed by atoms with van der Waals surface area (Å²) in [6, 6.07) is 0. The van der Waals surface area contributed by atoms with E-state index in [-0.39, 0.29) is 21.9 Å². The molecule has 0 spiro atoms. The third-order valence-corrected chi connectivity index (χ3v) is 3.55. The number of halogens is 2. The molecule has 19 heavy (non-hydrogen) atoms. The first-order valence-corrected chi connectivity index (χ1v) is 6.81. The predicted molar refractivity (Wildman–Crippen MR) is 74.6 cm³/mol. The standard InChI is InChI=1S/C11H15Cl2N5O/c12-9-10(13)15-7-16-11(9)17-8(19)6-18-4-1-2-14-3-5-18/h7,14H,1-6H2,(H,15,16,17,19). The van der Waals surface area contributed by atoms with Crippen LogP contribution in [0.4, 0.5) is 5.82 Å². The van der Waals surface area contributed by atoms with Crippen molar-refractivity contribution in [3.05, 3.63) is 16.5 Å². The minimum Gasteiger partial charge on any atom is -0.315 e. The first kappa shape index (κ1) is 14.5. The van der Waals surface area contributed by atoms with Gasteiger partial charge in [-0.05, 0) is 19.5 Å². The molecule has 0 aromatic carbocycles. The van der Waals surface area contributed by atoms with Gasteiger partial charge in [-0.1, -0.05) is 23.2 Å². The molecule has 1 amide bonds. The van der Waals surface area contributed by atoms with E-state index in [1.54, 1.807) is 0 Å². The quantitative estimate of drug-likeness (QED) is 0.816. The van der Waals surface area contributed by atoms with E-state index in [4.69, 9.17) is 23.2 Å². The molecule has 2 N–H and O–H groups in total. The Labute approximate surface area is 121 Å². The van der Waals surface area contributed by atoms with Crippen LogP contribution in [0.2, 0.25) is 10.2 Å². The molecule has 0 bridgehead atoms. The second-order valence-corrected chi connectivity index (χ2v) is 4.99. The van der Waals surface area contributed by atoms with Crippen molar-refractivity contribution in [1.82, 2.24) is 20.2 Å². The van der Waals surface area contributed by atoms with Crippen molar-refractivity contribution in [1.29, 1.82) is 0 Å². The number of anilines is 1. The van der Waals surface area contributed by atoms with E-state index in [0.29, 0.717) is 6.54 Å². The van der Waals surface area contributed by atoms with Crippen LogP contribution in [0.25, 0.3) is 0 Å². The lowest BCUT2D eigenvalue weighted by Crippen LogP contribution is -2.35. The third-order valence-electron chi connectivity index (χ3n) is 2.80. The summed E-state index contributed by atoms with van der Waals surface area (Å²) in [5.74, 6) is 0.0955. The summed E-state index contributed by atoms with van der Waals surface area (Å²) in [5.41, 5.74) is 0. The van der Waals surface area contributed by atoms with Crippen LogP contribution in [-0.2, 0) is 4.79 Å². The van der Waals surface area contributed by atoms with Crippen LogP contribution in [0.15, 0.2) is 6.33 Å². The summed E-state index contributed by atoms with van der Waals surface area (Å²) in [6.07, 6.45) is 2.30. The van der Waals surface area contributed by atoms with Gasteiger partial charge in [-0.2, -0.15) is 0 Å². The zero-order chi connectivity index (χ0) is 13.7. The fourth-order valence-corrected chi connectivity index (χ4v) is 2.15. The molecule has 8 heteroatoms. The Balaban J connectivity index is 1.91. The first-order valence-electron chi connectivity index (χ1n) is 6.06. The summed E-state index contributed by atoms with van der Waals surface area (Å²) < 4.78 is 0. The van der Waals surface area contributed by atoms with E-state index in [1.807, 2.05) is 0 Å². The normalized spacial score (nSPS) is 16.9. The van der Waals surface area contributed by atoms with Crippen molar-refractivity contribution < 1.29 is 4.79 Å². The van der Waals surface area contributed by atoms with E-state index in [0.717, 1.165) is 32.6 Å².